The van der Waals surface area contributed by atoms with E-state index in [0.717, 1.165) is 18.5 Å². The zero-order valence-corrected chi connectivity index (χ0v) is 13.2. The first-order chi connectivity index (χ1) is 8.85. The van der Waals surface area contributed by atoms with Crippen LogP contribution in [0.1, 0.15) is 42.7 Å². The molecule has 0 aromatic carbocycles. The van der Waals surface area contributed by atoms with Gasteiger partial charge in [0.25, 0.3) is 5.91 Å². The molecule has 0 spiro atoms. The Hall–Kier alpha value is -0.940. The lowest BCUT2D eigenvalue weighted by Crippen LogP contribution is -2.26. The van der Waals surface area contributed by atoms with Crippen LogP contribution in [0.2, 0.25) is 0 Å². The third-order valence-corrected chi connectivity index (χ3v) is 3.58. The fourth-order valence-corrected chi connectivity index (χ4v) is 2.23. The summed E-state index contributed by atoms with van der Waals surface area (Å²) < 4.78 is 0.570. The van der Waals surface area contributed by atoms with Gasteiger partial charge in [0.2, 0.25) is 0 Å². The Morgan fingerprint density at radius 3 is 2.74 bits per heavy atom. The first kappa shape index (κ1) is 16.1. The van der Waals surface area contributed by atoms with Crippen LogP contribution >= 0.6 is 15.9 Å². The quantitative estimate of drug-likeness (QED) is 0.623. The van der Waals surface area contributed by atoms with Crippen LogP contribution in [0.25, 0.3) is 0 Å². The molecule has 0 saturated carbocycles. The van der Waals surface area contributed by atoms with Gasteiger partial charge in [0.1, 0.15) is 4.60 Å². The maximum Gasteiger partial charge on any atom is 0.254 e. The van der Waals surface area contributed by atoms with Crippen molar-refractivity contribution in [3.8, 4) is 0 Å². The van der Waals surface area contributed by atoms with E-state index in [2.05, 4.69) is 26.2 Å². The van der Waals surface area contributed by atoms with Gasteiger partial charge in [-0.25, -0.2) is 4.98 Å². The summed E-state index contributed by atoms with van der Waals surface area (Å²) in [5, 5.41) is 12.0. The minimum Gasteiger partial charge on any atom is -0.396 e. The number of hydrogen-bond donors (Lipinski definition) is 2. The van der Waals surface area contributed by atoms with Crippen molar-refractivity contribution in [1.82, 2.24) is 10.3 Å². The van der Waals surface area contributed by atoms with Crippen molar-refractivity contribution in [1.29, 1.82) is 0 Å². The van der Waals surface area contributed by atoms with Crippen LogP contribution in [0.5, 0.6) is 0 Å². The molecule has 0 aliphatic carbocycles. The van der Waals surface area contributed by atoms with Crippen LogP contribution in [-0.2, 0) is 0 Å². The first-order valence-electron chi connectivity index (χ1n) is 6.38. The summed E-state index contributed by atoms with van der Waals surface area (Å²) in [4.78, 5) is 16.1. The van der Waals surface area contributed by atoms with Crippen molar-refractivity contribution >= 4 is 21.8 Å². The van der Waals surface area contributed by atoms with Crippen LogP contribution in [0.3, 0.4) is 0 Å². The monoisotopic (exact) mass is 328 g/mol. The number of carbonyl (C=O) groups excluding carboxylic acids is 1. The molecular weight excluding hydrogens is 308 g/mol. The molecule has 19 heavy (non-hydrogen) atoms. The highest BCUT2D eigenvalue weighted by molar-refractivity contribution is 9.10. The SMILES string of the molecule is Cc1ccc(C(=O)NCCCC(C)(C)CO)c(Br)n1. The minimum atomic E-state index is -0.124. The van der Waals surface area contributed by atoms with Crippen LogP contribution in [-0.4, -0.2) is 29.1 Å². The third-order valence-electron chi connectivity index (χ3n) is 2.98. The number of halogens is 1. The Morgan fingerprint density at radius 2 is 2.16 bits per heavy atom. The molecule has 106 valence electrons. The van der Waals surface area contributed by atoms with Crippen LogP contribution in [0.4, 0.5) is 0 Å². The van der Waals surface area contributed by atoms with Crippen molar-refractivity contribution in [3.05, 3.63) is 28.0 Å². The molecule has 0 fully saturated rings. The standard InChI is InChI=1S/C14H21BrN2O2/c1-10-5-6-11(12(15)17-10)13(19)16-8-4-7-14(2,3)9-18/h5-6,18H,4,7-9H2,1-3H3,(H,16,19). The number of nitrogens with zero attached hydrogens (tertiary/aromatic N) is 1. The fourth-order valence-electron chi connectivity index (χ4n) is 1.64. The molecule has 1 aromatic heterocycles. The van der Waals surface area contributed by atoms with Gasteiger partial charge in [-0.2, -0.15) is 0 Å². The lowest BCUT2D eigenvalue weighted by molar-refractivity contribution is 0.0947. The van der Waals surface area contributed by atoms with Crippen molar-refractivity contribution < 1.29 is 9.90 Å². The number of rotatable bonds is 6. The lowest BCUT2D eigenvalue weighted by Gasteiger charge is -2.21. The minimum absolute atomic E-state index is 0.0866. The number of hydrogen-bond acceptors (Lipinski definition) is 3. The normalized spacial score (nSPS) is 11.4. The highest BCUT2D eigenvalue weighted by Crippen LogP contribution is 2.20. The molecule has 0 bridgehead atoms. The Kier molecular flexibility index (Phi) is 5.94. The number of pyridine rings is 1. The predicted octanol–water partition coefficient (Wildman–Crippen LogP) is 2.68. The molecule has 1 rings (SSSR count). The molecule has 0 saturated heterocycles. The van der Waals surface area contributed by atoms with E-state index >= 15 is 0 Å². The Morgan fingerprint density at radius 1 is 1.47 bits per heavy atom. The van der Waals surface area contributed by atoms with Gasteiger partial charge in [0.15, 0.2) is 0 Å². The van der Waals surface area contributed by atoms with E-state index in [1.807, 2.05) is 26.8 Å². The van der Waals surface area contributed by atoms with Gasteiger partial charge in [-0.1, -0.05) is 13.8 Å². The van der Waals surface area contributed by atoms with E-state index in [1.165, 1.54) is 0 Å². The third kappa shape index (κ3) is 5.28. The molecule has 4 nitrogen and oxygen atoms in total. The van der Waals surface area contributed by atoms with Gasteiger partial charge < -0.3 is 10.4 Å². The van der Waals surface area contributed by atoms with Gasteiger partial charge in [-0.3, -0.25) is 4.79 Å². The smallest absolute Gasteiger partial charge is 0.254 e. The maximum atomic E-state index is 11.9. The molecule has 0 atom stereocenters. The number of aryl methyl sites for hydroxylation is 1. The Bertz CT molecular complexity index is 447. The Labute approximate surface area is 122 Å². The highest BCUT2D eigenvalue weighted by Gasteiger charge is 2.16. The highest BCUT2D eigenvalue weighted by atomic mass is 79.9. The van der Waals surface area contributed by atoms with Crippen molar-refractivity contribution in [2.24, 2.45) is 5.41 Å². The number of aromatic nitrogens is 1. The lowest BCUT2D eigenvalue weighted by atomic mass is 9.89. The summed E-state index contributed by atoms with van der Waals surface area (Å²) in [6.45, 7) is 6.66. The summed E-state index contributed by atoms with van der Waals surface area (Å²) in [7, 11) is 0. The van der Waals surface area contributed by atoms with Crippen molar-refractivity contribution in [2.45, 2.75) is 33.6 Å². The molecule has 1 amide bonds. The first-order valence-corrected chi connectivity index (χ1v) is 7.17. The summed E-state index contributed by atoms with van der Waals surface area (Å²) in [5.41, 5.74) is 1.33. The van der Waals surface area contributed by atoms with Gasteiger partial charge in [0.05, 0.1) is 5.56 Å². The molecule has 2 N–H and O–H groups in total. The average Bonchev–Trinajstić information content (AvgIpc) is 2.34. The second-order valence-electron chi connectivity index (χ2n) is 5.47. The Balaban J connectivity index is 2.44. The number of nitrogens with one attached hydrogen (secondary N) is 1. The molecule has 5 heteroatoms. The molecule has 0 aliphatic rings. The second kappa shape index (κ2) is 7.01. The topological polar surface area (TPSA) is 62.2 Å². The van der Waals surface area contributed by atoms with Gasteiger partial charge in [-0.05, 0) is 53.2 Å². The van der Waals surface area contributed by atoms with Gasteiger partial charge in [0, 0.05) is 18.8 Å². The summed E-state index contributed by atoms with van der Waals surface area (Å²) in [6.07, 6.45) is 1.72. The van der Waals surface area contributed by atoms with Crippen LogP contribution < -0.4 is 5.32 Å². The van der Waals surface area contributed by atoms with E-state index in [-0.39, 0.29) is 17.9 Å². The number of aliphatic hydroxyl groups is 1. The van der Waals surface area contributed by atoms with Crippen molar-refractivity contribution in [2.75, 3.05) is 13.2 Å². The van der Waals surface area contributed by atoms with E-state index in [4.69, 9.17) is 5.11 Å². The van der Waals surface area contributed by atoms with E-state index in [9.17, 15) is 4.79 Å². The second-order valence-corrected chi connectivity index (χ2v) is 6.22. The van der Waals surface area contributed by atoms with E-state index in [1.54, 1.807) is 6.07 Å². The summed E-state index contributed by atoms with van der Waals surface area (Å²) in [6, 6.07) is 3.58. The van der Waals surface area contributed by atoms with Gasteiger partial charge >= 0.3 is 0 Å². The fraction of sp³-hybridized carbons (Fsp3) is 0.571. The molecular formula is C14H21BrN2O2. The molecule has 0 unspecified atom stereocenters. The molecule has 1 aromatic rings. The number of aliphatic hydroxyl groups excluding tert-OH is 1. The van der Waals surface area contributed by atoms with Crippen molar-refractivity contribution in [3.63, 3.8) is 0 Å². The summed E-state index contributed by atoms with van der Waals surface area (Å²) >= 11 is 3.29. The van der Waals surface area contributed by atoms with E-state index < -0.39 is 0 Å². The molecule has 1 heterocycles. The van der Waals surface area contributed by atoms with E-state index in [0.29, 0.717) is 16.7 Å². The maximum absolute atomic E-state index is 11.9. The van der Waals surface area contributed by atoms with Gasteiger partial charge in [-0.15, -0.1) is 0 Å². The average molecular weight is 329 g/mol. The summed E-state index contributed by atoms with van der Waals surface area (Å²) in [5.74, 6) is -0.124. The zero-order valence-electron chi connectivity index (χ0n) is 11.7. The number of amides is 1. The number of carbonyl (C=O) groups is 1. The largest absolute Gasteiger partial charge is 0.396 e. The molecule has 0 aliphatic heterocycles. The zero-order chi connectivity index (χ0) is 14.5. The molecule has 0 radical (unpaired) electrons. The predicted molar refractivity (Wildman–Crippen MR) is 79.1 cm³/mol. The van der Waals surface area contributed by atoms with Crippen LogP contribution in [0, 0.1) is 12.3 Å². The van der Waals surface area contributed by atoms with Crippen LogP contribution in [0.15, 0.2) is 16.7 Å².